The van der Waals surface area contributed by atoms with E-state index in [9.17, 15) is 22.8 Å². The fourth-order valence-corrected chi connectivity index (χ4v) is 4.13. The van der Waals surface area contributed by atoms with Crippen LogP contribution in [-0.2, 0) is 14.3 Å². The minimum Gasteiger partial charge on any atom is -0.372 e. The summed E-state index contributed by atoms with van der Waals surface area (Å²) < 4.78 is 41.0. The van der Waals surface area contributed by atoms with Gasteiger partial charge in [-0.05, 0) is 24.8 Å². The lowest BCUT2D eigenvalue weighted by Gasteiger charge is -2.40. The summed E-state index contributed by atoms with van der Waals surface area (Å²) in [7, 11) is 0. The van der Waals surface area contributed by atoms with E-state index in [2.05, 4.69) is 9.64 Å². The molecule has 2 amide bonds. The van der Waals surface area contributed by atoms with E-state index in [-0.39, 0.29) is 18.4 Å². The van der Waals surface area contributed by atoms with Gasteiger partial charge < -0.3 is 14.5 Å². The molecule has 0 N–H and O–H groups in total. The first-order valence-corrected chi connectivity index (χ1v) is 10.9. The highest BCUT2D eigenvalue weighted by Crippen LogP contribution is 2.28. The molecule has 2 fully saturated rings. The fraction of sp³-hybridized carbons (Fsp3) is 0.636. The molecule has 172 valence electrons. The first-order valence-electron chi connectivity index (χ1n) is 10.9. The van der Waals surface area contributed by atoms with Crippen LogP contribution < -0.4 is 0 Å². The summed E-state index contributed by atoms with van der Waals surface area (Å²) in [6, 6.07) is 8.83. The van der Waals surface area contributed by atoms with Crippen molar-refractivity contribution in [1.82, 2.24) is 14.7 Å². The number of halogens is 3. The molecule has 2 saturated heterocycles. The van der Waals surface area contributed by atoms with E-state index in [1.807, 2.05) is 30.3 Å². The predicted octanol–water partition coefficient (Wildman–Crippen LogP) is 2.85. The number of alkyl halides is 3. The number of carbonyl (C=O) groups is 2. The highest BCUT2D eigenvalue weighted by Gasteiger charge is 2.36. The smallest absolute Gasteiger partial charge is 0.372 e. The van der Waals surface area contributed by atoms with Crippen LogP contribution in [-0.4, -0.2) is 85.2 Å². The van der Waals surface area contributed by atoms with Crippen LogP contribution in [0.25, 0.3) is 0 Å². The van der Waals surface area contributed by atoms with Gasteiger partial charge in [-0.2, -0.15) is 13.2 Å². The molecular formula is C22H30F3N3O3. The summed E-state index contributed by atoms with van der Waals surface area (Å²) >= 11 is 0. The van der Waals surface area contributed by atoms with Gasteiger partial charge in [-0.3, -0.25) is 14.5 Å². The van der Waals surface area contributed by atoms with Crippen molar-refractivity contribution in [3.8, 4) is 0 Å². The van der Waals surface area contributed by atoms with E-state index in [1.165, 1.54) is 0 Å². The normalized spacial score (nSPS) is 19.5. The number of nitrogens with zero attached hydrogens (tertiary/aromatic N) is 3. The number of likely N-dealkylation sites (tertiary alicyclic amines) is 1. The second kappa shape index (κ2) is 10.9. The zero-order chi connectivity index (χ0) is 22.3. The Morgan fingerprint density at radius 3 is 2.39 bits per heavy atom. The summed E-state index contributed by atoms with van der Waals surface area (Å²) in [5.74, 6) is -0.0412. The first kappa shape index (κ1) is 23.5. The molecule has 2 aliphatic heterocycles. The number of ether oxygens (including phenoxy) is 1. The number of hydrogen-bond acceptors (Lipinski definition) is 4. The zero-order valence-electron chi connectivity index (χ0n) is 17.6. The fourth-order valence-electron chi connectivity index (χ4n) is 4.13. The van der Waals surface area contributed by atoms with Gasteiger partial charge in [-0.15, -0.1) is 0 Å². The highest BCUT2D eigenvalue weighted by molar-refractivity contribution is 5.89. The lowest BCUT2D eigenvalue weighted by molar-refractivity contribution is -0.174. The number of benzene rings is 1. The van der Waals surface area contributed by atoms with E-state index in [0.717, 1.165) is 18.4 Å². The number of carbonyl (C=O) groups excluding carboxylic acids is 2. The molecule has 0 radical (unpaired) electrons. The Kier molecular flexibility index (Phi) is 8.31. The van der Waals surface area contributed by atoms with Crippen LogP contribution in [0.15, 0.2) is 30.3 Å². The number of rotatable bonds is 8. The van der Waals surface area contributed by atoms with Crippen LogP contribution in [0.4, 0.5) is 13.2 Å². The molecule has 3 rings (SSSR count). The number of hydrogen-bond donors (Lipinski definition) is 0. The van der Waals surface area contributed by atoms with E-state index >= 15 is 0 Å². The van der Waals surface area contributed by atoms with Crippen LogP contribution in [0, 0.1) is 0 Å². The lowest BCUT2D eigenvalue weighted by atomic mass is 9.99. The average molecular weight is 441 g/mol. The van der Waals surface area contributed by atoms with E-state index in [1.54, 1.807) is 9.80 Å². The first-order chi connectivity index (χ1) is 14.8. The maximum Gasteiger partial charge on any atom is 0.411 e. The monoisotopic (exact) mass is 441 g/mol. The third kappa shape index (κ3) is 6.93. The molecule has 2 aliphatic rings. The van der Waals surface area contributed by atoms with E-state index < -0.39 is 18.8 Å². The summed E-state index contributed by atoms with van der Waals surface area (Å²) in [5, 5.41) is 0. The van der Waals surface area contributed by atoms with Crippen molar-refractivity contribution < 1.29 is 27.5 Å². The molecule has 1 unspecified atom stereocenters. The van der Waals surface area contributed by atoms with Crippen molar-refractivity contribution in [2.45, 2.75) is 37.9 Å². The Morgan fingerprint density at radius 1 is 1.03 bits per heavy atom. The molecule has 0 bridgehead atoms. The summed E-state index contributed by atoms with van der Waals surface area (Å²) in [6.07, 6.45) is -1.56. The minimum absolute atomic E-state index is 0.0194. The Bertz CT molecular complexity index is 722. The molecule has 1 aromatic carbocycles. The van der Waals surface area contributed by atoms with Crippen molar-refractivity contribution >= 4 is 11.8 Å². The number of amides is 2. The van der Waals surface area contributed by atoms with Crippen molar-refractivity contribution in [3.63, 3.8) is 0 Å². The molecule has 9 heteroatoms. The van der Waals surface area contributed by atoms with Gasteiger partial charge in [0.1, 0.15) is 12.6 Å². The third-order valence-electron chi connectivity index (χ3n) is 5.73. The SMILES string of the molecule is O=C(C(c1ccccc1)N1CCCCC1=O)N1CCN(CCCOCC(F)(F)F)CC1. The molecule has 1 aromatic rings. The molecule has 2 heterocycles. The van der Waals surface area contributed by atoms with Gasteiger partial charge in [0.15, 0.2) is 0 Å². The Hall–Kier alpha value is -2.13. The van der Waals surface area contributed by atoms with Crippen molar-refractivity contribution in [2.24, 2.45) is 0 Å². The van der Waals surface area contributed by atoms with Crippen LogP contribution in [0.3, 0.4) is 0 Å². The van der Waals surface area contributed by atoms with Gasteiger partial charge >= 0.3 is 6.18 Å². The zero-order valence-corrected chi connectivity index (χ0v) is 17.6. The topological polar surface area (TPSA) is 53.1 Å². The van der Waals surface area contributed by atoms with Crippen LogP contribution in [0.5, 0.6) is 0 Å². The number of piperazine rings is 1. The quantitative estimate of drug-likeness (QED) is 0.583. The molecule has 31 heavy (non-hydrogen) atoms. The minimum atomic E-state index is -4.29. The Morgan fingerprint density at radius 2 is 1.74 bits per heavy atom. The van der Waals surface area contributed by atoms with Gasteiger partial charge in [-0.1, -0.05) is 30.3 Å². The van der Waals surface area contributed by atoms with E-state index in [4.69, 9.17) is 0 Å². The largest absolute Gasteiger partial charge is 0.411 e. The van der Waals surface area contributed by atoms with Gasteiger partial charge in [0.2, 0.25) is 11.8 Å². The highest BCUT2D eigenvalue weighted by atomic mass is 19.4. The maximum absolute atomic E-state index is 13.4. The van der Waals surface area contributed by atoms with Gasteiger partial charge in [0.25, 0.3) is 0 Å². The van der Waals surface area contributed by atoms with Crippen LogP contribution in [0.1, 0.15) is 37.3 Å². The molecule has 0 spiro atoms. The third-order valence-corrected chi connectivity index (χ3v) is 5.73. The van der Waals surface area contributed by atoms with Crippen LogP contribution in [0.2, 0.25) is 0 Å². The standard InChI is InChI=1S/C22H30F3N3O3/c23-22(24,25)17-31-16-6-10-26-12-14-27(15-13-26)21(30)20(18-7-2-1-3-8-18)28-11-5-4-9-19(28)29/h1-3,7-8,20H,4-6,9-17H2. The maximum atomic E-state index is 13.4. The molecule has 0 aliphatic carbocycles. The molecule has 0 saturated carbocycles. The summed E-state index contributed by atoms with van der Waals surface area (Å²) in [5.41, 5.74) is 0.826. The summed E-state index contributed by atoms with van der Waals surface area (Å²) in [4.78, 5) is 31.6. The lowest BCUT2D eigenvalue weighted by Crippen LogP contribution is -2.53. The van der Waals surface area contributed by atoms with Gasteiger partial charge in [0, 0.05) is 52.3 Å². The molecule has 1 atom stereocenters. The van der Waals surface area contributed by atoms with Gasteiger partial charge in [-0.25, -0.2) is 0 Å². The second-order valence-corrected chi connectivity index (χ2v) is 8.05. The predicted molar refractivity (Wildman–Crippen MR) is 109 cm³/mol. The van der Waals surface area contributed by atoms with Crippen molar-refractivity contribution in [1.29, 1.82) is 0 Å². The van der Waals surface area contributed by atoms with Gasteiger partial charge in [0.05, 0.1) is 0 Å². The van der Waals surface area contributed by atoms with Crippen molar-refractivity contribution in [2.75, 3.05) is 52.5 Å². The number of piperidine rings is 1. The van der Waals surface area contributed by atoms with E-state index in [0.29, 0.717) is 52.1 Å². The molecular weight excluding hydrogens is 411 g/mol. The second-order valence-electron chi connectivity index (χ2n) is 8.05. The summed E-state index contributed by atoms with van der Waals surface area (Å²) in [6.45, 7) is 2.44. The van der Waals surface area contributed by atoms with Crippen LogP contribution >= 0.6 is 0 Å². The van der Waals surface area contributed by atoms with Crippen molar-refractivity contribution in [3.05, 3.63) is 35.9 Å². The Balaban J connectivity index is 1.53. The Labute approximate surface area is 180 Å². The molecule has 0 aromatic heterocycles. The molecule has 6 nitrogen and oxygen atoms in total. The average Bonchev–Trinajstić information content (AvgIpc) is 2.75.